The highest BCUT2D eigenvalue weighted by molar-refractivity contribution is 6.42. The summed E-state index contributed by atoms with van der Waals surface area (Å²) in [7, 11) is 1.71. The number of rotatable bonds is 11. The molecule has 0 aromatic heterocycles. The van der Waals surface area contributed by atoms with Crippen LogP contribution in [0.4, 0.5) is 0 Å². The van der Waals surface area contributed by atoms with Crippen molar-refractivity contribution in [1.29, 1.82) is 0 Å². The SMILES string of the molecule is COCCCCCNCC(O)COc1ccc(Cl)c(Cl)c1. The van der Waals surface area contributed by atoms with Gasteiger partial charge in [-0.25, -0.2) is 0 Å². The summed E-state index contributed by atoms with van der Waals surface area (Å²) < 4.78 is 10.4. The minimum atomic E-state index is -0.557. The third kappa shape index (κ3) is 8.49. The van der Waals surface area contributed by atoms with Crippen molar-refractivity contribution in [2.45, 2.75) is 25.4 Å². The Hall–Kier alpha value is -0.520. The van der Waals surface area contributed by atoms with Gasteiger partial charge in [-0.05, 0) is 37.9 Å². The smallest absolute Gasteiger partial charge is 0.121 e. The highest BCUT2D eigenvalue weighted by Gasteiger charge is 2.06. The Labute approximate surface area is 136 Å². The number of hydrogen-bond acceptors (Lipinski definition) is 4. The first kappa shape index (κ1) is 18.5. The van der Waals surface area contributed by atoms with Crippen molar-refractivity contribution in [3.8, 4) is 5.75 Å². The van der Waals surface area contributed by atoms with Crippen LogP contribution < -0.4 is 10.1 Å². The molecule has 0 heterocycles. The van der Waals surface area contributed by atoms with Crippen LogP contribution in [0.25, 0.3) is 0 Å². The maximum Gasteiger partial charge on any atom is 0.121 e. The van der Waals surface area contributed by atoms with Gasteiger partial charge >= 0.3 is 0 Å². The van der Waals surface area contributed by atoms with Gasteiger partial charge in [0.15, 0.2) is 0 Å². The topological polar surface area (TPSA) is 50.7 Å². The molecule has 2 N–H and O–H groups in total. The number of ether oxygens (including phenoxy) is 2. The van der Waals surface area contributed by atoms with Crippen molar-refractivity contribution in [3.05, 3.63) is 28.2 Å². The molecule has 0 aliphatic carbocycles. The van der Waals surface area contributed by atoms with Gasteiger partial charge in [-0.1, -0.05) is 23.2 Å². The van der Waals surface area contributed by atoms with Gasteiger partial charge in [-0.15, -0.1) is 0 Å². The lowest BCUT2D eigenvalue weighted by Crippen LogP contribution is -2.32. The summed E-state index contributed by atoms with van der Waals surface area (Å²) in [5.74, 6) is 0.600. The maximum absolute atomic E-state index is 9.81. The van der Waals surface area contributed by atoms with E-state index in [2.05, 4.69) is 5.32 Å². The molecule has 1 unspecified atom stereocenters. The van der Waals surface area contributed by atoms with Crippen molar-refractivity contribution in [2.75, 3.05) is 33.4 Å². The lowest BCUT2D eigenvalue weighted by molar-refractivity contribution is 0.106. The van der Waals surface area contributed by atoms with Crippen LogP contribution in [0, 0.1) is 0 Å². The third-order valence-electron chi connectivity index (χ3n) is 2.92. The highest BCUT2D eigenvalue weighted by atomic mass is 35.5. The molecule has 1 atom stereocenters. The zero-order chi connectivity index (χ0) is 15.5. The van der Waals surface area contributed by atoms with Crippen molar-refractivity contribution >= 4 is 23.2 Å². The Morgan fingerprint density at radius 3 is 2.71 bits per heavy atom. The summed E-state index contributed by atoms with van der Waals surface area (Å²) in [6.45, 7) is 2.41. The Balaban J connectivity index is 2.08. The standard InChI is InChI=1S/C15H23Cl2NO3/c1-20-8-4-2-3-7-18-10-12(19)11-21-13-5-6-14(16)15(17)9-13/h5-6,9,12,18-19H,2-4,7-8,10-11H2,1H3. The van der Waals surface area contributed by atoms with E-state index in [1.54, 1.807) is 25.3 Å². The van der Waals surface area contributed by atoms with E-state index in [1.165, 1.54) is 0 Å². The fourth-order valence-corrected chi connectivity index (χ4v) is 2.05. The van der Waals surface area contributed by atoms with Crippen LogP contribution in [-0.2, 0) is 4.74 Å². The molecule has 1 aromatic carbocycles. The molecule has 0 bridgehead atoms. The van der Waals surface area contributed by atoms with Crippen LogP contribution in [0.2, 0.25) is 10.0 Å². The van der Waals surface area contributed by atoms with E-state index >= 15 is 0 Å². The molecule has 0 amide bonds. The average molecular weight is 336 g/mol. The number of aliphatic hydroxyl groups is 1. The average Bonchev–Trinajstić information content (AvgIpc) is 2.47. The molecule has 0 spiro atoms. The number of methoxy groups -OCH3 is 1. The number of unbranched alkanes of at least 4 members (excludes halogenated alkanes) is 2. The van der Waals surface area contributed by atoms with E-state index < -0.39 is 6.10 Å². The van der Waals surface area contributed by atoms with E-state index in [0.29, 0.717) is 22.3 Å². The molecule has 6 heteroatoms. The fourth-order valence-electron chi connectivity index (χ4n) is 1.76. The van der Waals surface area contributed by atoms with Crippen LogP contribution in [0.15, 0.2) is 18.2 Å². The second-order valence-electron chi connectivity index (χ2n) is 4.80. The van der Waals surface area contributed by atoms with Crippen LogP contribution in [0.5, 0.6) is 5.75 Å². The van der Waals surface area contributed by atoms with E-state index in [-0.39, 0.29) is 6.61 Å². The van der Waals surface area contributed by atoms with Gasteiger partial charge in [0.25, 0.3) is 0 Å². The second kappa shape index (κ2) is 11.1. The first-order valence-corrected chi connectivity index (χ1v) is 7.84. The predicted molar refractivity (Wildman–Crippen MR) is 86.6 cm³/mol. The predicted octanol–water partition coefficient (Wildman–Crippen LogP) is 3.14. The summed E-state index contributed by atoms with van der Waals surface area (Å²) >= 11 is 11.7. The molecule has 0 aliphatic rings. The molecule has 0 fully saturated rings. The number of nitrogens with one attached hydrogen (secondary N) is 1. The summed E-state index contributed by atoms with van der Waals surface area (Å²) in [6.07, 6.45) is 2.71. The van der Waals surface area contributed by atoms with E-state index in [9.17, 15) is 5.11 Å². The zero-order valence-electron chi connectivity index (χ0n) is 12.3. The normalized spacial score (nSPS) is 12.4. The van der Waals surface area contributed by atoms with Gasteiger partial charge < -0.3 is 19.9 Å². The molecule has 0 saturated heterocycles. The molecule has 0 aliphatic heterocycles. The monoisotopic (exact) mass is 335 g/mol. The summed E-state index contributed by atoms with van der Waals surface area (Å²) in [6, 6.07) is 5.04. The van der Waals surface area contributed by atoms with Crippen molar-refractivity contribution in [3.63, 3.8) is 0 Å². The lowest BCUT2D eigenvalue weighted by Gasteiger charge is -2.13. The van der Waals surface area contributed by atoms with E-state index in [4.69, 9.17) is 32.7 Å². The Morgan fingerprint density at radius 1 is 1.19 bits per heavy atom. The van der Waals surface area contributed by atoms with Gasteiger partial charge in [0, 0.05) is 26.3 Å². The van der Waals surface area contributed by atoms with E-state index in [1.807, 2.05) is 0 Å². The minimum absolute atomic E-state index is 0.217. The molecule has 0 radical (unpaired) electrons. The number of aliphatic hydroxyl groups excluding tert-OH is 1. The first-order chi connectivity index (χ1) is 10.1. The number of halogens is 2. The molecular weight excluding hydrogens is 313 g/mol. The summed E-state index contributed by atoms with van der Waals surface area (Å²) in [4.78, 5) is 0. The van der Waals surface area contributed by atoms with Gasteiger partial charge in [0.2, 0.25) is 0 Å². The Kier molecular flexibility index (Phi) is 9.79. The van der Waals surface area contributed by atoms with Crippen LogP contribution in [0.3, 0.4) is 0 Å². The highest BCUT2D eigenvalue weighted by Crippen LogP contribution is 2.26. The Bertz CT molecular complexity index is 405. The van der Waals surface area contributed by atoms with Crippen LogP contribution in [0.1, 0.15) is 19.3 Å². The maximum atomic E-state index is 9.81. The van der Waals surface area contributed by atoms with Gasteiger partial charge in [-0.3, -0.25) is 0 Å². The van der Waals surface area contributed by atoms with Crippen molar-refractivity contribution < 1.29 is 14.6 Å². The van der Waals surface area contributed by atoms with Gasteiger partial charge in [0.1, 0.15) is 18.5 Å². The fraction of sp³-hybridized carbons (Fsp3) is 0.600. The number of hydrogen-bond donors (Lipinski definition) is 2. The molecule has 1 rings (SSSR count). The second-order valence-corrected chi connectivity index (χ2v) is 5.61. The van der Waals surface area contributed by atoms with Crippen molar-refractivity contribution in [2.24, 2.45) is 0 Å². The third-order valence-corrected chi connectivity index (χ3v) is 3.65. The molecular formula is C15H23Cl2NO3. The number of benzene rings is 1. The quantitative estimate of drug-likeness (QED) is 0.610. The van der Waals surface area contributed by atoms with Crippen LogP contribution >= 0.6 is 23.2 Å². The summed E-state index contributed by atoms with van der Waals surface area (Å²) in [5.41, 5.74) is 0. The Morgan fingerprint density at radius 2 is 2.00 bits per heavy atom. The zero-order valence-corrected chi connectivity index (χ0v) is 13.8. The van der Waals surface area contributed by atoms with Crippen molar-refractivity contribution in [1.82, 2.24) is 5.32 Å². The van der Waals surface area contributed by atoms with Gasteiger partial charge in [0.05, 0.1) is 10.0 Å². The van der Waals surface area contributed by atoms with Gasteiger partial charge in [-0.2, -0.15) is 0 Å². The molecule has 4 nitrogen and oxygen atoms in total. The largest absolute Gasteiger partial charge is 0.491 e. The molecule has 120 valence electrons. The van der Waals surface area contributed by atoms with Crippen LogP contribution in [-0.4, -0.2) is 44.6 Å². The minimum Gasteiger partial charge on any atom is -0.491 e. The summed E-state index contributed by atoms with van der Waals surface area (Å²) in [5, 5.41) is 13.9. The molecule has 1 aromatic rings. The lowest BCUT2D eigenvalue weighted by atomic mass is 10.2. The first-order valence-electron chi connectivity index (χ1n) is 7.09. The molecule has 21 heavy (non-hydrogen) atoms. The van der Waals surface area contributed by atoms with E-state index in [0.717, 1.165) is 32.4 Å². The molecule has 0 saturated carbocycles.